The van der Waals surface area contributed by atoms with Gasteiger partial charge in [-0.1, -0.05) is 43.5 Å². The molecule has 1 aliphatic carbocycles. The summed E-state index contributed by atoms with van der Waals surface area (Å²) in [5, 5.41) is 0. The van der Waals surface area contributed by atoms with E-state index in [1.165, 1.54) is 30.4 Å². The van der Waals surface area contributed by atoms with Crippen LogP contribution < -0.4 is 4.74 Å². The summed E-state index contributed by atoms with van der Waals surface area (Å²) in [6, 6.07) is 12.7. The van der Waals surface area contributed by atoms with Crippen LogP contribution in [0.15, 0.2) is 48.8 Å². The number of methoxy groups -OCH3 is 1. The molecule has 1 amide bonds. The number of hydrogen-bond acceptors (Lipinski definition) is 4. The monoisotopic (exact) mass is 449 g/mol. The molecule has 0 N–H and O–H groups in total. The van der Waals surface area contributed by atoms with Gasteiger partial charge in [0.2, 0.25) is 5.91 Å². The Balaban J connectivity index is 1.41. The van der Waals surface area contributed by atoms with Crippen LogP contribution >= 0.6 is 0 Å². The third-order valence-corrected chi connectivity index (χ3v) is 7.68. The number of pyridine rings is 1. The Morgan fingerprint density at radius 1 is 1.09 bits per heavy atom. The zero-order valence-corrected chi connectivity index (χ0v) is 20.3. The van der Waals surface area contributed by atoms with Crippen LogP contribution in [0.3, 0.4) is 0 Å². The van der Waals surface area contributed by atoms with Crippen LogP contribution in [0, 0.1) is 5.92 Å². The van der Waals surface area contributed by atoms with Crippen LogP contribution in [-0.4, -0.2) is 60.5 Å². The minimum absolute atomic E-state index is 0.173. The van der Waals surface area contributed by atoms with Gasteiger partial charge in [0.05, 0.1) is 7.11 Å². The van der Waals surface area contributed by atoms with E-state index in [2.05, 4.69) is 39.0 Å². The molecular formula is C28H39N3O2. The van der Waals surface area contributed by atoms with E-state index in [0.717, 1.165) is 57.5 Å². The van der Waals surface area contributed by atoms with Crippen molar-refractivity contribution in [3.05, 3.63) is 59.9 Å². The number of amides is 1. The van der Waals surface area contributed by atoms with Crippen molar-refractivity contribution in [1.82, 2.24) is 14.8 Å². The van der Waals surface area contributed by atoms with Gasteiger partial charge in [0, 0.05) is 37.9 Å². The molecule has 33 heavy (non-hydrogen) atoms. The second-order valence-electron chi connectivity index (χ2n) is 9.82. The summed E-state index contributed by atoms with van der Waals surface area (Å²) >= 11 is 0. The lowest BCUT2D eigenvalue weighted by Crippen LogP contribution is -2.49. The highest BCUT2D eigenvalue weighted by atomic mass is 16.5. The second-order valence-corrected chi connectivity index (χ2v) is 9.82. The quantitative estimate of drug-likeness (QED) is 0.574. The molecule has 1 saturated carbocycles. The van der Waals surface area contributed by atoms with Gasteiger partial charge >= 0.3 is 0 Å². The lowest BCUT2D eigenvalue weighted by atomic mass is 9.87. The first-order chi connectivity index (χ1) is 16.2. The number of rotatable bonds is 8. The van der Waals surface area contributed by atoms with E-state index in [1.54, 1.807) is 7.11 Å². The van der Waals surface area contributed by atoms with Gasteiger partial charge in [0.15, 0.2) is 0 Å². The van der Waals surface area contributed by atoms with Gasteiger partial charge in [0.25, 0.3) is 0 Å². The fraction of sp³-hybridized carbons (Fsp3) is 0.571. The maximum absolute atomic E-state index is 13.4. The molecule has 1 aromatic heterocycles. The van der Waals surface area contributed by atoms with E-state index in [0.29, 0.717) is 11.8 Å². The number of para-hydroxylation sites is 1. The molecule has 5 heteroatoms. The minimum atomic E-state index is 0.173. The van der Waals surface area contributed by atoms with Crippen LogP contribution in [-0.2, 0) is 11.2 Å². The number of ether oxygens (including phenoxy) is 1. The zero-order valence-electron chi connectivity index (χ0n) is 20.3. The highest BCUT2D eigenvalue weighted by molar-refractivity contribution is 5.79. The largest absolute Gasteiger partial charge is 0.496 e. The molecule has 4 rings (SSSR count). The van der Waals surface area contributed by atoms with E-state index in [4.69, 9.17) is 4.74 Å². The Labute approximate surface area is 199 Å². The molecule has 1 aliphatic heterocycles. The van der Waals surface area contributed by atoms with Crippen molar-refractivity contribution < 1.29 is 9.53 Å². The van der Waals surface area contributed by atoms with Gasteiger partial charge in [-0.15, -0.1) is 0 Å². The van der Waals surface area contributed by atoms with Gasteiger partial charge in [-0.25, -0.2) is 0 Å². The summed E-state index contributed by atoms with van der Waals surface area (Å²) in [5.74, 6) is 2.09. The number of benzene rings is 1. The van der Waals surface area contributed by atoms with Crippen molar-refractivity contribution >= 4 is 5.91 Å². The van der Waals surface area contributed by atoms with Crippen molar-refractivity contribution in [3.63, 3.8) is 0 Å². The zero-order chi connectivity index (χ0) is 23.0. The normalized spacial score (nSPS) is 19.2. The van der Waals surface area contributed by atoms with E-state index in [1.807, 2.05) is 31.6 Å². The number of hydrogen-bond donors (Lipinski definition) is 0. The predicted octanol–water partition coefficient (Wildman–Crippen LogP) is 4.92. The molecule has 2 fully saturated rings. The summed E-state index contributed by atoms with van der Waals surface area (Å²) in [6.45, 7) is 3.03. The predicted molar refractivity (Wildman–Crippen MR) is 132 cm³/mol. The number of carbonyl (C=O) groups is 1. The average Bonchev–Trinajstić information content (AvgIpc) is 2.89. The molecule has 1 atom stereocenters. The van der Waals surface area contributed by atoms with Crippen molar-refractivity contribution in [1.29, 1.82) is 0 Å². The molecule has 5 nitrogen and oxygen atoms in total. The lowest BCUT2D eigenvalue weighted by Gasteiger charge is -2.39. The van der Waals surface area contributed by atoms with Crippen LogP contribution in [0.1, 0.15) is 62.0 Å². The van der Waals surface area contributed by atoms with Gasteiger partial charge in [-0.3, -0.25) is 9.78 Å². The molecule has 0 radical (unpaired) electrons. The smallest absolute Gasteiger partial charge is 0.225 e. The Morgan fingerprint density at radius 2 is 1.85 bits per heavy atom. The summed E-state index contributed by atoms with van der Waals surface area (Å²) in [7, 11) is 3.79. The number of nitrogens with zero attached hydrogens (tertiary/aromatic N) is 3. The Bertz CT molecular complexity index is 874. The van der Waals surface area contributed by atoms with Crippen LogP contribution in [0.25, 0.3) is 0 Å². The van der Waals surface area contributed by atoms with Crippen LogP contribution in [0.2, 0.25) is 0 Å². The van der Waals surface area contributed by atoms with E-state index in [9.17, 15) is 4.79 Å². The van der Waals surface area contributed by atoms with Crippen LogP contribution in [0.4, 0.5) is 0 Å². The Kier molecular flexibility index (Phi) is 8.38. The molecule has 1 unspecified atom stereocenters. The maximum Gasteiger partial charge on any atom is 0.225 e. The Hall–Kier alpha value is -2.40. The molecule has 2 aliphatic rings. The molecule has 0 bridgehead atoms. The first-order valence-corrected chi connectivity index (χ1v) is 12.7. The molecule has 2 heterocycles. The average molecular weight is 450 g/mol. The van der Waals surface area contributed by atoms with Crippen molar-refractivity contribution in [3.8, 4) is 5.75 Å². The van der Waals surface area contributed by atoms with Gasteiger partial charge in [-0.05, 0) is 74.4 Å². The molecule has 1 saturated heterocycles. The van der Waals surface area contributed by atoms with Crippen molar-refractivity contribution in [2.45, 2.75) is 63.3 Å². The number of piperidine rings is 1. The number of likely N-dealkylation sites (N-methyl/N-ethyl adjacent to an activating group) is 1. The Morgan fingerprint density at radius 3 is 2.55 bits per heavy atom. The summed E-state index contributed by atoms with van der Waals surface area (Å²) in [6.07, 6.45) is 12.6. The third kappa shape index (κ3) is 6.14. The first-order valence-electron chi connectivity index (χ1n) is 12.7. The highest BCUT2D eigenvalue weighted by Gasteiger charge is 2.31. The van der Waals surface area contributed by atoms with Gasteiger partial charge < -0.3 is 14.5 Å². The first kappa shape index (κ1) is 23.7. The van der Waals surface area contributed by atoms with Gasteiger partial charge in [0.1, 0.15) is 5.75 Å². The minimum Gasteiger partial charge on any atom is -0.496 e. The molecule has 178 valence electrons. The molecule has 0 spiro atoms. The molecule has 2 aromatic rings. The van der Waals surface area contributed by atoms with E-state index >= 15 is 0 Å². The number of likely N-dealkylation sites (tertiary alicyclic amines) is 1. The molecular weight excluding hydrogens is 410 g/mol. The van der Waals surface area contributed by atoms with E-state index in [-0.39, 0.29) is 12.0 Å². The van der Waals surface area contributed by atoms with E-state index < -0.39 is 0 Å². The summed E-state index contributed by atoms with van der Waals surface area (Å²) in [5.41, 5.74) is 2.53. The highest BCUT2D eigenvalue weighted by Crippen LogP contribution is 2.34. The second kappa shape index (κ2) is 11.6. The van der Waals surface area contributed by atoms with Gasteiger partial charge in [-0.2, -0.15) is 0 Å². The third-order valence-electron chi connectivity index (χ3n) is 7.68. The van der Waals surface area contributed by atoms with Crippen LogP contribution in [0.5, 0.6) is 5.75 Å². The number of carbonyl (C=O) groups excluding carboxylic acids is 1. The molecule has 1 aromatic carbocycles. The lowest BCUT2D eigenvalue weighted by molar-refractivity contribution is -0.137. The van der Waals surface area contributed by atoms with Crippen molar-refractivity contribution in [2.24, 2.45) is 5.92 Å². The summed E-state index contributed by atoms with van der Waals surface area (Å²) < 4.78 is 5.61. The maximum atomic E-state index is 13.4. The fourth-order valence-corrected chi connectivity index (χ4v) is 5.66. The fourth-order valence-electron chi connectivity index (χ4n) is 5.66. The SMILES string of the molecule is COc1ccccc1C1CCN(CC(Cc2cccnc2)N(C)C(=O)C2CCCCC2)CC1. The standard InChI is InChI=1S/C28H39N3O2/c1-30(28(32)24-10-4-3-5-11-24)25(19-22-9-8-16-29-20-22)21-31-17-14-23(15-18-31)26-12-6-7-13-27(26)33-2/h6-9,12-13,16,20,23-25H,3-5,10-11,14-15,17-19,21H2,1-2H3. The topological polar surface area (TPSA) is 45.7 Å². The van der Waals surface area contributed by atoms with Crippen molar-refractivity contribution in [2.75, 3.05) is 33.8 Å². The summed E-state index contributed by atoms with van der Waals surface area (Å²) in [4.78, 5) is 22.3. The number of aromatic nitrogens is 1.